The molecular formula is C103H121ClN18O11S. The van der Waals surface area contributed by atoms with Gasteiger partial charge in [0.1, 0.15) is 58.4 Å². The lowest BCUT2D eigenvalue weighted by Gasteiger charge is -2.23. The van der Waals surface area contributed by atoms with Crippen LogP contribution in [-0.4, -0.2) is 129 Å². The van der Waals surface area contributed by atoms with Crippen LogP contribution in [0.4, 0.5) is 98.3 Å². The molecule has 29 nitrogen and oxygen atoms in total. The molecule has 4 aromatic heterocycles. The molecule has 9 N–H and O–H groups in total. The fraction of sp³-hybridized carbons (Fsp3) is 0.359. The lowest BCUT2D eigenvalue weighted by Crippen LogP contribution is -2.25. The molecule has 1 saturated heterocycles. The second-order valence-corrected chi connectivity index (χ2v) is 37.7. The Morgan fingerprint density at radius 3 is 1.31 bits per heavy atom. The lowest BCUT2D eigenvalue weighted by molar-refractivity contribution is -0.114. The third-order valence-corrected chi connectivity index (χ3v) is 25.5. The lowest BCUT2D eigenvalue weighted by atomic mass is 9.98. The van der Waals surface area contributed by atoms with E-state index >= 15 is 0 Å². The van der Waals surface area contributed by atoms with Crippen LogP contribution >= 0.6 is 11.6 Å². The predicted octanol–water partition coefficient (Wildman–Crippen LogP) is 24.0. The predicted molar refractivity (Wildman–Crippen MR) is 532 cm³/mol. The molecule has 0 radical (unpaired) electrons. The van der Waals surface area contributed by atoms with Crippen molar-refractivity contribution in [2.75, 3.05) is 93.7 Å². The van der Waals surface area contributed by atoms with Crippen molar-refractivity contribution < 1.29 is 51.2 Å². The third kappa shape index (κ3) is 29.0. The van der Waals surface area contributed by atoms with E-state index < -0.39 is 15.8 Å². The average Bonchev–Trinajstić information content (AvgIpc) is 1.73. The van der Waals surface area contributed by atoms with Crippen molar-refractivity contribution in [2.45, 2.75) is 195 Å². The number of carbonyl (C=O) groups excluding carboxylic acids is 2. The zero-order valence-corrected chi connectivity index (χ0v) is 79.4. The topological polar surface area (TPSA) is 348 Å². The Balaban J connectivity index is 0.000000144. The number of anilines is 17. The summed E-state index contributed by atoms with van der Waals surface area (Å²) in [7, 11) is -2.05. The molecule has 702 valence electrons. The number of fused-ring (bicyclic) bond motifs is 1. The van der Waals surface area contributed by atoms with Crippen LogP contribution in [0.15, 0.2) is 206 Å². The number of amides is 1. The molecule has 6 heterocycles. The number of nitrogens with one attached hydrogen (secondary N) is 9. The number of likely N-dealkylation sites (tertiary alicyclic amines) is 1. The first-order valence-electron chi connectivity index (χ1n) is 46.0. The van der Waals surface area contributed by atoms with Gasteiger partial charge in [-0.15, -0.1) is 0 Å². The maximum absolute atomic E-state index is 12.8. The number of para-hydroxylation sites is 1. The molecule has 3 saturated carbocycles. The number of rotatable bonds is 30. The van der Waals surface area contributed by atoms with Gasteiger partial charge in [0.15, 0.2) is 21.3 Å². The van der Waals surface area contributed by atoms with Crippen molar-refractivity contribution in [3.05, 3.63) is 239 Å². The van der Waals surface area contributed by atoms with Crippen LogP contribution in [0.5, 0.6) is 34.5 Å². The minimum atomic E-state index is -3.40. The Labute approximate surface area is 790 Å². The van der Waals surface area contributed by atoms with Gasteiger partial charge in [0.25, 0.3) is 0 Å². The van der Waals surface area contributed by atoms with E-state index in [0.29, 0.717) is 105 Å². The zero-order chi connectivity index (χ0) is 93.9. The number of carbonyl (C=O) groups is 2. The number of hydrogen-bond donors (Lipinski definition) is 9. The number of aryl methyl sites for hydroxylation is 5. The van der Waals surface area contributed by atoms with Crippen LogP contribution in [-0.2, 0) is 19.4 Å². The van der Waals surface area contributed by atoms with E-state index in [9.17, 15) is 18.0 Å². The second kappa shape index (κ2) is 46.7. The van der Waals surface area contributed by atoms with E-state index in [2.05, 4.69) is 92.6 Å². The molecular weight excluding hydrogens is 1730 g/mol. The summed E-state index contributed by atoms with van der Waals surface area (Å²) in [6.07, 6.45) is 28.8. The molecule has 134 heavy (non-hydrogen) atoms. The fourth-order valence-electron chi connectivity index (χ4n) is 15.9. The molecule has 3 aliphatic carbocycles. The van der Waals surface area contributed by atoms with Gasteiger partial charge >= 0.3 is 5.97 Å². The van der Waals surface area contributed by atoms with Gasteiger partial charge in [0.05, 0.1) is 41.8 Å². The number of hydrogen-bond acceptors (Lipinski definition) is 28. The first kappa shape index (κ1) is 96.5. The molecule has 0 spiro atoms. The molecule has 5 aliphatic rings. The quantitative estimate of drug-likeness (QED) is 0.0189. The van der Waals surface area contributed by atoms with E-state index in [1.807, 2.05) is 201 Å². The number of aromatic nitrogens is 8. The average molecular weight is 1850 g/mol. The van der Waals surface area contributed by atoms with Gasteiger partial charge < -0.3 is 81.0 Å². The third-order valence-electron chi connectivity index (χ3n) is 22.9. The Bertz CT molecular complexity index is 6050. The van der Waals surface area contributed by atoms with Gasteiger partial charge in [-0.1, -0.05) is 69.8 Å². The van der Waals surface area contributed by atoms with Crippen molar-refractivity contribution in [3.8, 4) is 34.5 Å². The Morgan fingerprint density at radius 2 is 0.858 bits per heavy atom. The molecule has 2 aliphatic heterocycles. The highest BCUT2D eigenvalue weighted by atomic mass is 35.5. The number of methoxy groups -OCH3 is 1. The van der Waals surface area contributed by atoms with Crippen molar-refractivity contribution >= 4 is 132 Å². The molecule has 0 unspecified atom stereocenters. The van der Waals surface area contributed by atoms with Gasteiger partial charge in [-0.2, -0.15) is 19.9 Å². The first-order valence-corrected chi connectivity index (χ1v) is 48.1. The molecule has 4 fully saturated rings. The number of esters is 1. The van der Waals surface area contributed by atoms with Crippen LogP contribution in [0.3, 0.4) is 0 Å². The highest BCUT2D eigenvalue weighted by Crippen LogP contribution is 2.42. The smallest absolute Gasteiger partial charge is 0.341 e. The normalized spacial score (nSPS) is 14.4. The maximum atomic E-state index is 12.8. The van der Waals surface area contributed by atoms with E-state index in [4.69, 9.17) is 44.8 Å². The van der Waals surface area contributed by atoms with Crippen LogP contribution in [0.25, 0.3) is 0 Å². The van der Waals surface area contributed by atoms with E-state index in [1.54, 1.807) is 55.1 Å². The standard InChI is InChI=1S/C28H36N4O3S.C26H29N5O5.C25H29N5O2.C24H27ClN4O/c1-20-18-29-27(31-21-13-15-24(16-14-21)35-23-10-6-5-7-11-23)32-26(20)30-22-9-8-12-25(17-22)36(33,34)19-28(2,3)4;1-17-15-27-26(30-24(17)29-20-6-5-7-22-23(20)36-16-35-22)28-18-8-9-21(19(14-18)25(32)33-2)34-13-12-31-10-3-4-11-31;1-17-16-26-25(30-24(17)28-21-8-6-7-20(15-21)27-18(2)31)29-19-11-13-23(14-12-19)32-22-9-4-3-5-10-22;1-16-14-19(10-13-22(16)25)27-23-17(2)15-26-24(29-23)28-18-8-11-21(12-9-18)30-20-6-4-3-5-7-20/h8-9,12-18,23H,5-7,10-11,19H2,1-4H3,(H2,29,30,31,32);5-9,14-15H,3-4,10-13,16H2,1-2H3,(H2,27,28,29,30);6-8,11-16,22H,3-5,9-10H2,1-2H3,(H,27,31)(H2,26,28,29,30);8-15,20H,3-7H2,1-2H3,(H2,26,27,28,29). The van der Waals surface area contributed by atoms with Gasteiger partial charge in [-0.25, -0.2) is 33.1 Å². The summed E-state index contributed by atoms with van der Waals surface area (Å²) in [4.78, 5) is 62.5. The summed E-state index contributed by atoms with van der Waals surface area (Å²) in [5.74, 6) is 8.52. The van der Waals surface area contributed by atoms with Crippen molar-refractivity contribution in [1.82, 2.24) is 44.8 Å². The van der Waals surface area contributed by atoms with Gasteiger partial charge in [0.2, 0.25) is 36.5 Å². The number of ether oxygens (including phenoxy) is 7. The van der Waals surface area contributed by atoms with Gasteiger partial charge in [-0.3, -0.25) is 9.69 Å². The van der Waals surface area contributed by atoms with E-state index in [0.717, 1.165) is 154 Å². The second-order valence-electron chi connectivity index (χ2n) is 35.3. The van der Waals surface area contributed by atoms with Crippen molar-refractivity contribution in [1.29, 1.82) is 0 Å². The van der Waals surface area contributed by atoms with Gasteiger partial charge in [-0.05, 0) is 306 Å². The van der Waals surface area contributed by atoms with Crippen molar-refractivity contribution in [3.63, 3.8) is 0 Å². The largest absolute Gasteiger partial charge is 0.491 e. The van der Waals surface area contributed by atoms with Crippen molar-refractivity contribution in [2.24, 2.45) is 5.41 Å². The molecule has 0 atom stereocenters. The summed E-state index contributed by atoms with van der Waals surface area (Å²) in [5, 5.41) is 29.7. The van der Waals surface area contributed by atoms with Crippen LogP contribution in [0.1, 0.15) is 175 Å². The highest BCUT2D eigenvalue weighted by Gasteiger charge is 2.27. The molecule has 12 aromatic rings. The Kier molecular flexibility index (Phi) is 33.6. The number of sulfone groups is 1. The Hall–Kier alpha value is -13.6. The fourth-order valence-corrected chi connectivity index (χ4v) is 17.9. The van der Waals surface area contributed by atoms with Crippen LogP contribution in [0.2, 0.25) is 5.02 Å². The molecule has 8 aromatic carbocycles. The SMILES string of the molecule is CC(=O)Nc1cccc(Nc2nc(Nc3ccc(OC4CCCCC4)cc3)ncc2C)c1.COC(=O)c1cc(Nc2ncc(C)c(Nc3cccc4c3OCO4)n2)ccc1OCCN1CCCC1.Cc1cc(Nc2nc(Nc3ccc(OC4CCCCC4)cc3)ncc2C)ccc1Cl.Cc1cnc(Nc2ccc(OC3CCCCC3)cc2)nc1Nc1cccc(S(=O)(=O)CC(C)(C)C)c1. The summed E-state index contributed by atoms with van der Waals surface area (Å²) in [5.41, 5.74) is 11.8. The summed E-state index contributed by atoms with van der Waals surface area (Å²) < 4.78 is 65.9. The zero-order valence-electron chi connectivity index (χ0n) is 77.8. The maximum Gasteiger partial charge on any atom is 0.341 e. The monoisotopic (exact) mass is 1850 g/mol. The molecule has 0 bridgehead atoms. The van der Waals surface area contributed by atoms with Crippen LogP contribution < -0.4 is 76.3 Å². The summed E-state index contributed by atoms with van der Waals surface area (Å²) in [6, 6.07) is 54.8. The first-order chi connectivity index (χ1) is 64.8. The Morgan fingerprint density at radius 1 is 0.448 bits per heavy atom. The van der Waals surface area contributed by atoms with E-state index in [-0.39, 0.29) is 23.9 Å². The minimum Gasteiger partial charge on any atom is -0.491 e. The minimum absolute atomic E-state index is 0.0779. The van der Waals surface area contributed by atoms with E-state index in [1.165, 1.54) is 84.7 Å². The number of nitrogens with zero attached hydrogens (tertiary/aromatic N) is 9. The highest BCUT2D eigenvalue weighted by molar-refractivity contribution is 7.91. The molecule has 1 amide bonds. The summed E-state index contributed by atoms with van der Waals surface area (Å²) >= 11 is 6.12. The molecule has 31 heteroatoms. The summed E-state index contributed by atoms with van der Waals surface area (Å²) in [6.45, 7) is 20.7. The number of halogens is 1. The molecule has 17 rings (SSSR count). The van der Waals surface area contributed by atoms with Crippen LogP contribution in [0, 0.1) is 40.0 Å². The van der Waals surface area contributed by atoms with Gasteiger partial charge in [0, 0.05) is 111 Å². The number of benzene rings is 8.